The third-order valence-electron chi connectivity index (χ3n) is 6.00. The summed E-state index contributed by atoms with van der Waals surface area (Å²) in [6, 6.07) is 17.3. The van der Waals surface area contributed by atoms with Gasteiger partial charge in [0.1, 0.15) is 18.5 Å². The van der Waals surface area contributed by atoms with Gasteiger partial charge in [0.2, 0.25) is 0 Å². The Morgan fingerprint density at radius 3 is 2.66 bits per heavy atom. The number of nitrogens with one attached hydrogen (secondary N) is 1. The van der Waals surface area contributed by atoms with Gasteiger partial charge >= 0.3 is 6.09 Å². The summed E-state index contributed by atoms with van der Waals surface area (Å²) in [5, 5.41) is 0. The molecule has 2 aromatic carbocycles. The molecule has 0 radical (unpaired) electrons. The first-order valence-corrected chi connectivity index (χ1v) is 11.5. The van der Waals surface area contributed by atoms with Crippen molar-refractivity contribution in [3.63, 3.8) is 0 Å². The Balaban J connectivity index is 1.40. The summed E-state index contributed by atoms with van der Waals surface area (Å²) >= 11 is 3.46. The number of hydrogen-bond acceptors (Lipinski definition) is 5. The number of amides is 1. The molecule has 1 amide bonds. The van der Waals surface area contributed by atoms with Gasteiger partial charge in [0.25, 0.3) is 0 Å². The number of carbonyl (C=O) groups excluding carboxylic acids is 1. The minimum absolute atomic E-state index is 0.206. The number of nitrogens with zero attached hydrogens (tertiary/aromatic N) is 2. The standard InChI is InChI=1S/C24H24BrN3O4/c25-19-8-6-18(7-9-19)20-14-26-22(27-20)21-16-32-24(10-12-30-13-11-24)28(21)23(29)31-15-17-4-2-1-3-5-17/h1-9,14,21H,10-13,15-16H2,(H,26,27)/t21-/m0/s1. The molecule has 0 aliphatic carbocycles. The molecule has 166 valence electrons. The Labute approximate surface area is 194 Å². The van der Waals surface area contributed by atoms with Crippen molar-refractivity contribution in [3.8, 4) is 11.3 Å². The lowest BCUT2D eigenvalue weighted by Gasteiger charge is -2.40. The Kier molecular flexibility index (Phi) is 5.99. The molecule has 2 fully saturated rings. The van der Waals surface area contributed by atoms with Gasteiger partial charge in [-0.2, -0.15) is 0 Å². The number of benzene rings is 2. The smallest absolute Gasteiger partial charge is 0.413 e. The second kappa shape index (κ2) is 9.05. The van der Waals surface area contributed by atoms with Crippen LogP contribution in [0.3, 0.4) is 0 Å². The van der Waals surface area contributed by atoms with Gasteiger partial charge in [0.15, 0.2) is 5.72 Å². The third-order valence-corrected chi connectivity index (χ3v) is 6.53. The van der Waals surface area contributed by atoms with Crippen molar-refractivity contribution < 1.29 is 19.0 Å². The van der Waals surface area contributed by atoms with Crippen molar-refractivity contribution in [3.05, 3.63) is 76.7 Å². The van der Waals surface area contributed by atoms with Crippen LogP contribution in [-0.2, 0) is 20.8 Å². The molecule has 0 saturated carbocycles. The second-order valence-electron chi connectivity index (χ2n) is 7.98. The second-order valence-corrected chi connectivity index (χ2v) is 8.90. The lowest BCUT2D eigenvalue weighted by Crippen LogP contribution is -2.52. The maximum Gasteiger partial charge on any atom is 0.413 e. The summed E-state index contributed by atoms with van der Waals surface area (Å²) in [5.41, 5.74) is 2.11. The number of hydrogen-bond donors (Lipinski definition) is 1. The highest BCUT2D eigenvalue weighted by molar-refractivity contribution is 9.10. The van der Waals surface area contributed by atoms with Crippen LogP contribution in [0, 0.1) is 0 Å². The van der Waals surface area contributed by atoms with Gasteiger partial charge in [0, 0.05) is 17.3 Å². The minimum atomic E-state index is -0.735. The number of carbonyl (C=O) groups is 1. The molecule has 1 spiro atoms. The monoisotopic (exact) mass is 497 g/mol. The number of H-pyrrole nitrogens is 1. The van der Waals surface area contributed by atoms with Crippen LogP contribution in [0.2, 0.25) is 0 Å². The van der Waals surface area contributed by atoms with Crippen LogP contribution in [0.25, 0.3) is 11.3 Å². The zero-order chi connectivity index (χ0) is 22.0. The lowest BCUT2D eigenvalue weighted by atomic mass is 10.0. The van der Waals surface area contributed by atoms with E-state index in [4.69, 9.17) is 14.2 Å². The van der Waals surface area contributed by atoms with Crippen LogP contribution in [0.1, 0.15) is 30.3 Å². The molecular weight excluding hydrogens is 474 g/mol. The fourth-order valence-electron chi connectivity index (χ4n) is 4.30. The number of aromatic amines is 1. The summed E-state index contributed by atoms with van der Waals surface area (Å²) in [6.45, 7) is 1.64. The molecule has 32 heavy (non-hydrogen) atoms. The number of halogens is 1. The summed E-state index contributed by atoms with van der Waals surface area (Å²) < 4.78 is 18.5. The number of imidazole rings is 1. The van der Waals surface area contributed by atoms with E-state index in [2.05, 4.69) is 25.9 Å². The Hall–Kier alpha value is -2.68. The molecular formula is C24H24BrN3O4. The highest BCUT2D eigenvalue weighted by Crippen LogP contribution is 2.43. The Morgan fingerprint density at radius 2 is 1.91 bits per heavy atom. The molecule has 0 unspecified atom stereocenters. The number of aromatic nitrogens is 2. The van der Waals surface area contributed by atoms with Crippen molar-refractivity contribution in [2.24, 2.45) is 0 Å². The van der Waals surface area contributed by atoms with Crippen molar-refractivity contribution in [2.45, 2.75) is 31.2 Å². The average molecular weight is 498 g/mol. The zero-order valence-electron chi connectivity index (χ0n) is 17.5. The Morgan fingerprint density at radius 1 is 1.16 bits per heavy atom. The maximum absolute atomic E-state index is 13.3. The molecule has 7 nitrogen and oxygen atoms in total. The molecule has 1 N–H and O–H groups in total. The van der Waals surface area contributed by atoms with Gasteiger partial charge in [-0.15, -0.1) is 0 Å². The lowest BCUT2D eigenvalue weighted by molar-refractivity contribution is -0.137. The molecule has 2 saturated heterocycles. The van der Waals surface area contributed by atoms with E-state index < -0.39 is 11.8 Å². The van der Waals surface area contributed by atoms with Crippen molar-refractivity contribution >= 4 is 22.0 Å². The van der Waals surface area contributed by atoms with Crippen molar-refractivity contribution in [1.82, 2.24) is 14.9 Å². The Bertz CT molecular complexity index is 1060. The average Bonchev–Trinajstić information content (AvgIpc) is 3.45. The van der Waals surface area contributed by atoms with E-state index in [0.29, 0.717) is 38.5 Å². The van der Waals surface area contributed by atoms with Crippen LogP contribution in [-0.4, -0.2) is 46.5 Å². The predicted octanol–water partition coefficient (Wildman–Crippen LogP) is 5.06. The SMILES string of the molecule is O=C(OCc1ccccc1)N1[C@H](c2ncc(-c3ccc(Br)cc3)[nH]2)COC12CCOCC2. The van der Waals surface area contributed by atoms with Gasteiger partial charge in [-0.25, -0.2) is 9.78 Å². The molecule has 3 heterocycles. The quantitative estimate of drug-likeness (QED) is 0.545. The highest BCUT2D eigenvalue weighted by Gasteiger charge is 2.53. The van der Waals surface area contributed by atoms with Crippen molar-refractivity contribution in [2.75, 3.05) is 19.8 Å². The molecule has 3 aromatic rings. The van der Waals surface area contributed by atoms with Gasteiger partial charge in [-0.3, -0.25) is 4.90 Å². The van der Waals surface area contributed by atoms with Gasteiger partial charge in [0.05, 0.1) is 31.7 Å². The summed E-state index contributed by atoms with van der Waals surface area (Å²) in [4.78, 5) is 23.0. The van der Waals surface area contributed by atoms with Crippen LogP contribution in [0.15, 0.2) is 65.3 Å². The minimum Gasteiger partial charge on any atom is -0.444 e. The van der Waals surface area contributed by atoms with Crippen LogP contribution < -0.4 is 0 Å². The van der Waals surface area contributed by atoms with E-state index in [1.54, 1.807) is 11.1 Å². The van der Waals surface area contributed by atoms with E-state index in [0.717, 1.165) is 21.3 Å². The number of ether oxygens (including phenoxy) is 3. The van der Waals surface area contributed by atoms with E-state index in [1.165, 1.54) is 0 Å². The van der Waals surface area contributed by atoms with Crippen LogP contribution >= 0.6 is 15.9 Å². The molecule has 2 aliphatic rings. The van der Waals surface area contributed by atoms with E-state index in [1.807, 2.05) is 54.6 Å². The summed E-state index contributed by atoms with van der Waals surface area (Å²) in [5.74, 6) is 0.683. The van der Waals surface area contributed by atoms with Crippen LogP contribution in [0.4, 0.5) is 4.79 Å². The zero-order valence-corrected chi connectivity index (χ0v) is 19.1. The van der Waals surface area contributed by atoms with Gasteiger partial charge < -0.3 is 19.2 Å². The summed E-state index contributed by atoms with van der Waals surface area (Å²) in [6.07, 6.45) is 2.59. The molecule has 2 aliphatic heterocycles. The largest absolute Gasteiger partial charge is 0.444 e. The fraction of sp³-hybridized carbons (Fsp3) is 0.333. The molecule has 1 atom stereocenters. The molecule has 8 heteroatoms. The highest BCUT2D eigenvalue weighted by atomic mass is 79.9. The fourth-order valence-corrected chi connectivity index (χ4v) is 4.57. The molecule has 5 rings (SSSR count). The molecule has 1 aromatic heterocycles. The van der Waals surface area contributed by atoms with Gasteiger partial charge in [-0.1, -0.05) is 58.4 Å². The van der Waals surface area contributed by atoms with Gasteiger partial charge in [-0.05, 0) is 23.3 Å². The molecule has 0 bridgehead atoms. The van der Waals surface area contributed by atoms with E-state index in [9.17, 15) is 4.79 Å². The summed E-state index contributed by atoms with van der Waals surface area (Å²) in [7, 11) is 0. The first-order chi connectivity index (χ1) is 15.6. The third kappa shape index (κ3) is 4.18. The van der Waals surface area contributed by atoms with Crippen LogP contribution in [0.5, 0.6) is 0 Å². The van der Waals surface area contributed by atoms with E-state index >= 15 is 0 Å². The number of rotatable bonds is 4. The topological polar surface area (TPSA) is 76.7 Å². The van der Waals surface area contributed by atoms with E-state index in [-0.39, 0.29) is 12.6 Å². The predicted molar refractivity (Wildman–Crippen MR) is 122 cm³/mol. The van der Waals surface area contributed by atoms with Crippen molar-refractivity contribution in [1.29, 1.82) is 0 Å². The maximum atomic E-state index is 13.3. The first kappa shape index (κ1) is 21.2. The first-order valence-electron chi connectivity index (χ1n) is 10.7. The normalized spacial score (nSPS) is 19.9.